The number of aryl methyl sites for hydroxylation is 1. The van der Waals surface area contributed by atoms with Crippen LogP contribution in [-0.4, -0.2) is 34.1 Å². The van der Waals surface area contributed by atoms with E-state index < -0.39 is 11.9 Å². The number of halogens is 2. The van der Waals surface area contributed by atoms with E-state index in [0.29, 0.717) is 17.0 Å². The van der Waals surface area contributed by atoms with Crippen LogP contribution < -0.4 is 9.47 Å². The second-order valence-corrected chi connectivity index (χ2v) is 5.28. The number of alkyl halides is 2. The maximum Gasteiger partial charge on any atom is 0.356 e. The number of rotatable bonds is 3. The van der Waals surface area contributed by atoms with Crippen molar-refractivity contribution in [1.82, 2.24) is 9.78 Å². The van der Waals surface area contributed by atoms with E-state index in [1.807, 2.05) is 0 Å². The molecule has 0 aliphatic carbocycles. The van der Waals surface area contributed by atoms with Crippen molar-refractivity contribution in [1.29, 1.82) is 0 Å². The number of hydrogen-bond acceptors (Lipinski definition) is 4. The van der Waals surface area contributed by atoms with Gasteiger partial charge in [-0.2, -0.15) is 5.10 Å². The number of fused-ring (bicyclic) bond motifs is 1. The molecule has 23 heavy (non-hydrogen) atoms. The van der Waals surface area contributed by atoms with Gasteiger partial charge >= 0.3 is 5.97 Å². The van der Waals surface area contributed by atoms with Gasteiger partial charge in [0.1, 0.15) is 13.2 Å². The molecule has 1 aliphatic rings. The zero-order valence-electron chi connectivity index (χ0n) is 12.5. The summed E-state index contributed by atoms with van der Waals surface area (Å²) in [5, 5.41) is 12.9. The Kier molecular flexibility index (Phi) is 3.46. The summed E-state index contributed by atoms with van der Waals surface area (Å²) in [5.41, 5.74) is 0.257. The Morgan fingerprint density at radius 1 is 1.30 bits per heavy atom. The van der Waals surface area contributed by atoms with Crippen LogP contribution in [0.5, 0.6) is 11.5 Å². The lowest BCUT2D eigenvalue weighted by Crippen LogP contribution is -2.18. The number of aromatic carboxylic acids is 1. The first-order chi connectivity index (χ1) is 10.8. The van der Waals surface area contributed by atoms with Gasteiger partial charge in [0, 0.05) is 25.1 Å². The molecule has 0 radical (unpaired) electrons. The van der Waals surface area contributed by atoms with Crippen molar-refractivity contribution in [3.8, 4) is 22.8 Å². The predicted octanol–water partition coefficient (Wildman–Crippen LogP) is 2.67. The lowest BCUT2D eigenvalue weighted by molar-refractivity contribution is 0.0169. The third-order valence-electron chi connectivity index (χ3n) is 3.52. The molecular formula is C15H14F2N2O4. The van der Waals surface area contributed by atoms with Crippen molar-refractivity contribution in [3.05, 3.63) is 29.5 Å². The predicted molar refractivity (Wildman–Crippen MR) is 76.2 cm³/mol. The minimum absolute atomic E-state index is 0.179. The molecule has 8 heteroatoms. The molecule has 1 aromatic carbocycles. The molecule has 0 bridgehead atoms. The highest BCUT2D eigenvalue weighted by atomic mass is 19.3. The van der Waals surface area contributed by atoms with Crippen LogP contribution in [0.2, 0.25) is 0 Å². The largest absolute Gasteiger partial charge is 0.486 e. The fourth-order valence-corrected chi connectivity index (χ4v) is 2.42. The van der Waals surface area contributed by atoms with Crippen LogP contribution in [0.15, 0.2) is 18.2 Å². The van der Waals surface area contributed by atoms with Crippen LogP contribution in [0.25, 0.3) is 11.3 Å². The quantitative estimate of drug-likeness (QED) is 0.939. The number of hydrogen-bond donors (Lipinski definition) is 1. The van der Waals surface area contributed by atoms with Gasteiger partial charge in [0.25, 0.3) is 5.92 Å². The van der Waals surface area contributed by atoms with E-state index in [1.165, 1.54) is 29.9 Å². The summed E-state index contributed by atoms with van der Waals surface area (Å²) in [6.07, 6.45) is 0. The van der Waals surface area contributed by atoms with Crippen molar-refractivity contribution in [2.75, 3.05) is 13.2 Å². The molecule has 2 heterocycles. The monoisotopic (exact) mass is 324 g/mol. The highest BCUT2D eigenvalue weighted by Crippen LogP contribution is 2.44. The molecule has 0 saturated carbocycles. The molecule has 3 rings (SSSR count). The van der Waals surface area contributed by atoms with Crippen LogP contribution >= 0.6 is 0 Å². The number of ether oxygens (including phenoxy) is 2. The van der Waals surface area contributed by atoms with Crippen molar-refractivity contribution in [2.45, 2.75) is 12.8 Å². The number of benzene rings is 1. The third kappa shape index (κ3) is 2.71. The van der Waals surface area contributed by atoms with Crippen LogP contribution in [0, 0.1) is 0 Å². The van der Waals surface area contributed by atoms with Gasteiger partial charge in [-0.25, -0.2) is 13.6 Å². The Morgan fingerprint density at radius 2 is 2.00 bits per heavy atom. The minimum atomic E-state index is -3.07. The molecule has 0 amide bonds. The normalized spacial score (nSPS) is 13.9. The van der Waals surface area contributed by atoms with E-state index in [9.17, 15) is 13.6 Å². The SMILES string of the molecule is Cn1nc(C(=O)O)cc1-c1cc(C(C)(F)F)cc2c1OCCO2. The highest BCUT2D eigenvalue weighted by Gasteiger charge is 2.30. The van der Waals surface area contributed by atoms with E-state index in [-0.39, 0.29) is 30.2 Å². The van der Waals surface area contributed by atoms with Gasteiger partial charge in [-0.1, -0.05) is 0 Å². The lowest BCUT2D eigenvalue weighted by atomic mass is 10.0. The van der Waals surface area contributed by atoms with Gasteiger partial charge in [-0.3, -0.25) is 4.68 Å². The highest BCUT2D eigenvalue weighted by molar-refractivity contribution is 5.87. The Bertz CT molecular complexity index is 781. The van der Waals surface area contributed by atoms with Crippen molar-refractivity contribution >= 4 is 5.97 Å². The van der Waals surface area contributed by atoms with Gasteiger partial charge in [0.05, 0.1) is 5.69 Å². The van der Waals surface area contributed by atoms with Gasteiger partial charge in [-0.15, -0.1) is 0 Å². The molecule has 6 nitrogen and oxygen atoms in total. The molecule has 0 atom stereocenters. The topological polar surface area (TPSA) is 73.6 Å². The number of carboxylic acid groups (broad SMARTS) is 1. The lowest BCUT2D eigenvalue weighted by Gasteiger charge is -2.23. The minimum Gasteiger partial charge on any atom is -0.486 e. The van der Waals surface area contributed by atoms with Crippen LogP contribution in [0.3, 0.4) is 0 Å². The number of carboxylic acids is 1. The fourth-order valence-electron chi connectivity index (χ4n) is 2.42. The molecular weight excluding hydrogens is 310 g/mol. The van der Waals surface area contributed by atoms with E-state index in [2.05, 4.69) is 5.10 Å². The summed E-state index contributed by atoms with van der Waals surface area (Å²) in [4.78, 5) is 11.1. The number of carbonyl (C=O) groups is 1. The molecule has 1 aliphatic heterocycles. The first kappa shape index (κ1) is 15.3. The van der Waals surface area contributed by atoms with Crippen molar-refractivity contribution < 1.29 is 28.2 Å². The Labute approximate surface area is 130 Å². The first-order valence-electron chi connectivity index (χ1n) is 6.87. The summed E-state index contributed by atoms with van der Waals surface area (Å²) in [5.74, 6) is -3.75. The first-order valence-corrected chi connectivity index (χ1v) is 6.87. The van der Waals surface area contributed by atoms with Gasteiger partial charge in [0.2, 0.25) is 0 Å². The molecule has 0 unspecified atom stereocenters. The van der Waals surface area contributed by atoms with E-state index in [4.69, 9.17) is 14.6 Å². The van der Waals surface area contributed by atoms with E-state index in [1.54, 1.807) is 0 Å². The second-order valence-electron chi connectivity index (χ2n) is 5.28. The molecule has 1 aromatic heterocycles. The number of aromatic nitrogens is 2. The molecule has 122 valence electrons. The standard InChI is InChI=1S/C15H14F2N2O4/c1-15(16,17)8-5-9(13-12(6-8)22-3-4-23-13)11-7-10(14(20)21)18-19(11)2/h5-7H,3-4H2,1-2H3,(H,20,21). The zero-order chi connectivity index (χ0) is 16.8. The second kappa shape index (κ2) is 5.22. The summed E-state index contributed by atoms with van der Waals surface area (Å²) in [6.45, 7) is 1.33. The Hall–Kier alpha value is -2.64. The van der Waals surface area contributed by atoms with E-state index in [0.717, 1.165) is 6.92 Å². The average molecular weight is 324 g/mol. The summed E-state index contributed by atoms with van der Waals surface area (Å²) < 4.78 is 39.8. The summed E-state index contributed by atoms with van der Waals surface area (Å²) in [7, 11) is 1.54. The third-order valence-corrected chi connectivity index (χ3v) is 3.52. The van der Waals surface area contributed by atoms with Crippen LogP contribution in [0.4, 0.5) is 8.78 Å². The van der Waals surface area contributed by atoms with Crippen molar-refractivity contribution in [2.24, 2.45) is 7.05 Å². The summed E-state index contributed by atoms with van der Waals surface area (Å²) in [6, 6.07) is 3.83. The number of nitrogens with zero attached hydrogens (tertiary/aromatic N) is 2. The van der Waals surface area contributed by atoms with Crippen LogP contribution in [0.1, 0.15) is 23.0 Å². The van der Waals surface area contributed by atoms with Gasteiger partial charge < -0.3 is 14.6 Å². The van der Waals surface area contributed by atoms with Crippen LogP contribution in [-0.2, 0) is 13.0 Å². The molecule has 0 spiro atoms. The Balaban J connectivity index is 2.23. The molecule has 0 fully saturated rings. The molecule has 1 N–H and O–H groups in total. The van der Waals surface area contributed by atoms with E-state index >= 15 is 0 Å². The van der Waals surface area contributed by atoms with Gasteiger partial charge in [0.15, 0.2) is 17.2 Å². The maximum atomic E-state index is 13.7. The maximum absolute atomic E-state index is 13.7. The molecule has 0 saturated heterocycles. The van der Waals surface area contributed by atoms with Gasteiger partial charge in [-0.05, 0) is 18.2 Å². The summed E-state index contributed by atoms with van der Waals surface area (Å²) >= 11 is 0. The zero-order valence-corrected chi connectivity index (χ0v) is 12.5. The average Bonchev–Trinajstić information content (AvgIpc) is 2.87. The fraction of sp³-hybridized carbons (Fsp3) is 0.333. The Morgan fingerprint density at radius 3 is 2.61 bits per heavy atom. The smallest absolute Gasteiger partial charge is 0.356 e. The van der Waals surface area contributed by atoms with Crippen molar-refractivity contribution in [3.63, 3.8) is 0 Å². The molecule has 2 aromatic rings.